The van der Waals surface area contributed by atoms with Crippen molar-refractivity contribution in [1.29, 1.82) is 0 Å². The Morgan fingerprint density at radius 3 is 2.48 bits per heavy atom. The van der Waals surface area contributed by atoms with Crippen LogP contribution in [0.1, 0.15) is 33.7 Å². The predicted molar refractivity (Wildman–Crippen MR) is 96.6 cm³/mol. The van der Waals surface area contributed by atoms with Gasteiger partial charge in [0.05, 0.1) is 5.56 Å². The van der Waals surface area contributed by atoms with Crippen molar-refractivity contribution in [1.82, 2.24) is 20.7 Å². The zero-order chi connectivity index (χ0) is 20.0. The van der Waals surface area contributed by atoms with Gasteiger partial charge in [0.2, 0.25) is 5.91 Å². The number of benzene rings is 1. The fourth-order valence-electron chi connectivity index (χ4n) is 2.22. The highest BCUT2D eigenvalue weighted by atomic mass is 79.9. The molecule has 0 unspecified atom stereocenters. The Morgan fingerprint density at radius 1 is 1.11 bits per heavy atom. The van der Waals surface area contributed by atoms with Crippen LogP contribution in [-0.2, 0) is 11.8 Å². The Morgan fingerprint density at radius 2 is 1.85 bits per heavy atom. The predicted octanol–water partition coefficient (Wildman–Crippen LogP) is 2.04. The van der Waals surface area contributed by atoms with Gasteiger partial charge in [-0.05, 0) is 40.5 Å². The first-order chi connectivity index (χ1) is 12.8. The molecule has 3 amide bonds. The molecule has 3 N–H and O–H groups in total. The number of halogens is 3. The Hall–Kier alpha value is -2.75. The summed E-state index contributed by atoms with van der Waals surface area (Å²) in [5, 5.41) is 2.44. The summed E-state index contributed by atoms with van der Waals surface area (Å²) < 4.78 is 28.6. The summed E-state index contributed by atoms with van der Waals surface area (Å²) >= 11 is 3.25. The topological polar surface area (TPSA) is 92.2 Å². The summed E-state index contributed by atoms with van der Waals surface area (Å²) in [6.07, 6.45) is 2.00. The third-order valence-corrected chi connectivity index (χ3v) is 4.00. The SMILES string of the molecule is Cn1cc(Br)cc1C(=O)NNC(=O)CCCNC(=O)c1ccc(F)cc1F. The summed E-state index contributed by atoms with van der Waals surface area (Å²) in [6, 6.07) is 4.26. The maximum atomic E-state index is 13.5. The Kier molecular flexibility index (Phi) is 7.05. The molecule has 0 bridgehead atoms. The molecule has 144 valence electrons. The van der Waals surface area contributed by atoms with E-state index < -0.39 is 29.4 Å². The number of nitrogens with zero attached hydrogens (tertiary/aromatic N) is 1. The van der Waals surface area contributed by atoms with Crippen LogP contribution < -0.4 is 16.2 Å². The van der Waals surface area contributed by atoms with Gasteiger partial charge >= 0.3 is 0 Å². The van der Waals surface area contributed by atoms with E-state index in [1.807, 2.05) is 0 Å². The lowest BCUT2D eigenvalue weighted by Gasteiger charge is -2.09. The zero-order valence-electron chi connectivity index (χ0n) is 14.3. The fraction of sp³-hybridized carbons (Fsp3) is 0.235. The van der Waals surface area contributed by atoms with Crippen LogP contribution in [0.3, 0.4) is 0 Å². The molecule has 1 aromatic heterocycles. The minimum absolute atomic E-state index is 0.0310. The molecular formula is C17H17BrF2N4O3. The van der Waals surface area contributed by atoms with Gasteiger partial charge in [0.25, 0.3) is 11.8 Å². The van der Waals surface area contributed by atoms with Gasteiger partial charge < -0.3 is 9.88 Å². The summed E-state index contributed by atoms with van der Waals surface area (Å²) in [5.74, 6) is -3.35. The number of carbonyl (C=O) groups excluding carboxylic acids is 3. The fourth-order valence-corrected chi connectivity index (χ4v) is 2.75. The second-order valence-electron chi connectivity index (χ2n) is 5.64. The van der Waals surface area contributed by atoms with Crippen LogP contribution in [0, 0.1) is 11.6 Å². The van der Waals surface area contributed by atoms with E-state index in [2.05, 4.69) is 32.1 Å². The first kappa shape index (κ1) is 20.6. The number of hydrogen-bond donors (Lipinski definition) is 3. The molecule has 0 saturated carbocycles. The smallest absolute Gasteiger partial charge is 0.286 e. The average molecular weight is 443 g/mol. The Balaban J connectivity index is 1.69. The second-order valence-corrected chi connectivity index (χ2v) is 6.56. The van der Waals surface area contributed by atoms with E-state index in [4.69, 9.17) is 0 Å². The van der Waals surface area contributed by atoms with Crippen molar-refractivity contribution in [2.45, 2.75) is 12.8 Å². The van der Waals surface area contributed by atoms with E-state index in [0.717, 1.165) is 16.6 Å². The van der Waals surface area contributed by atoms with Gasteiger partial charge in [0.15, 0.2) is 0 Å². The van der Waals surface area contributed by atoms with E-state index in [-0.39, 0.29) is 24.9 Å². The van der Waals surface area contributed by atoms with Crippen LogP contribution in [0.2, 0.25) is 0 Å². The molecule has 0 saturated heterocycles. The maximum Gasteiger partial charge on any atom is 0.286 e. The van der Waals surface area contributed by atoms with Crippen molar-refractivity contribution in [2.75, 3.05) is 6.54 Å². The van der Waals surface area contributed by atoms with Crippen LogP contribution in [0.5, 0.6) is 0 Å². The molecule has 27 heavy (non-hydrogen) atoms. The summed E-state index contributed by atoms with van der Waals surface area (Å²) in [4.78, 5) is 35.4. The molecule has 0 aliphatic rings. The normalized spacial score (nSPS) is 10.4. The van der Waals surface area contributed by atoms with Crippen molar-refractivity contribution < 1.29 is 23.2 Å². The molecule has 0 fully saturated rings. The van der Waals surface area contributed by atoms with Crippen LogP contribution in [-0.4, -0.2) is 28.8 Å². The quantitative estimate of drug-likeness (QED) is 0.472. The second kappa shape index (κ2) is 9.26. The van der Waals surface area contributed by atoms with E-state index in [0.29, 0.717) is 11.8 Å². The third kappa shape index (κ3) is 5.88. The largest absolute Gasteiger partial charge is 0.352 e. The standard InChI is InChI=1S/C17H17BrF2N4O3/c1-24-9-10(18)7-14(24)17(27)23-22-15(25)3-2-6-21-16(26)12-5-4-11(19)8-13(12)20/h4-5,7-9H,2-3,6H2,1H3,(H,21,26)(H,22,25)(H,23,27). The summed E-state index contributed by atoms with van der Waals surface area (Å²) in [5.41, 5.74) is 4.64. The summed E-state index contributed by atoms with van der Waals surface area (Å²) in [6.45, 7) is 0.113. The lowest BCUT2D eigenvalue weighted by molar-refractivity contribution is -0.121. The first-order valence-corrected chi connectivity index (χ1v) is 8.71. The molecule has 2 rings (SSSR count). The Bertz CT molecular complexity index is 870. The van der Waals surface area contributed by atoms with Gasteiger partial charge in [0, 0.05) is 36.7 Å². The number of hydrogen-bond acceptors (Lipinski definition) is 3. The van der Waals surface area contributed by atoms with Gasteiger partial charge in [-0.1, -0.05) is 0 Å². The molecule has 0 aliphatic carbocycles. The lowest BCUT2D eigenvalue weighted by atomic mass is 10.2. The van der Waals surface area contributed by atoms with Crippen LogP contribution >= 0.6 is 15.9 Å². The van der Waals surface area contributed by atoms with Crippen molar-refractivity contribution in [3.8, 4) is 0 Å². The number of amides is 3. The number of aryl methyl sites for hydroxylation is 1. The molecule has 0 atom stereocenters. The van der Waals surface area contributed by atoms with E-state index in [1.54, 1.807) is 23.9 Å². The molecule has 2 aromatic rings. The van der Waals surface area contributed by atoms with Crippen LogP contribution in [0.25, 0.3) is 0 Å². The van der Waals surface area contributed by atoms with Crippen molar-refractivity contribution >= 4 is 33.7 Å². The molecule has 0 radical (unpaired) electrons. The number of carbonyl (C=O) groups is 3. The summed E-state index contributed by atoms with van der Waals surface area (Å²) in [7, 11) is 1.69. The minimum atomic E-state index is -0.958. The van der Waals surface area contributed by atoms with Crippen molar-refractivity contribution in [3.63, 3.8) is 0 Å². The minimum Gasteiger partial charge on any atom is -0.352 e. The van der Waals surface area contributed by atoms with Gasteiger partial charge in [-0.15, -0.1) is 0 Å². The highest BCUT2D eigenvalue weighted by Gasteiger charge is 2.13. The van der Waals surface area contributed by atoms with Gasteiger partial charge in [-0.3, -0.25) is 25.2 Å². The average Bonchev–Trinajstić information content (AvgIpc) is 2.94. The monoisotopic (exact) mass is 442 g/mol. The lowest BCUT2D eigenvalue weighted by Crippen LogP contribution is -2.42. The molecule has 1 heterocycles. The third-order valence-electron chi connectivity index (χ3n) is 3.56. The zero-order valence-corrected chi connectivity index (χ0v) is 15.9. The van der Waals surface area contributed by atoms with Gasteiger partial charge in [-0.25, -0.2) is 8.78 Å². The van der Waals surface area contributed by atoms with E-state index in [9.17, 15) is 23.2 Å². The number of hydrazine groups is 1. The molecule has 0 spiro atoms. The molecule has 7 nitrogen and oxygen atoms in total. The van der Waals surface area contributed by atoms with Crippen molar-refractivity contribution in [2.24, 2.45) is 7.05 Å². The number of rotatable bonds is 6. The highest BCUT2D eigenvalue weighted by molar-refractivity contribution is 9.10. The number of aromatic nitrogens is 1. The molecular weight excluding hydrogens is 426 g/mol. The van der Waals surface area contributed by atoms with Crippen LogP contribution in [0.4, 0.5) is 8.78 Å². The number of nitrogens with one attached hydrogen (secondary N) is 3. The first-order valence-electron chi connectivity index (χ1n) is 7.92. The molecule has 0 aliphatic heterocycles. The van der Waals surface area contributed by atoms with Gasteiger partial charge in [-0.2, -0.15) is 0 Å². The maximum absolute atomic E-state index is 13.5. The molecule has 1 aromatic carbocycles. The van der Waals surface area contributed by atoms with E-state index in [1.165, 1.54) is 0 Å². The Labute approximate surface area is 162 Å². The highest BCUT2D eigenvalue weighted by Crippen LogP contribution is 2.13. The van der Waals surface area contributed by atoms with Crippen LogP contribution in [0.15, 0.2) is 34.9 Å². The van der Waals surface area contributed by atoms with Crippen molar-refractivity contribution in [3.05, 3.63) is 57.8 Å². The van der Waals surface area contributed by atoms with E-state index >= 15 is 0 Å². The van der Waals surface area contributed by atoms with Gasteiger partial charge in [0.1, 0.15) is 17.3 Å². The molecule has 10 heteroatoms.